The van der Waals surface area contributed by atoms with Crippen molar-refractivity contribution in [3.05, 3.63) is 42.1 Å². The molecule has 1 heterocycles. The van der Waals surface area contributed by atoms with Gasteiger partial charge in [0.1, 0.15) is 0 Å². The minimum atomic E-state index is 0.602. The summed E-state index contributed by atoms with van der Waals surface area (Å²) in [5.74, 6) is 2.10. The van der Waals surface area contributed by atoms with E-state index in [9.17, 15) is 0 Å². The van der Waals surface area contributed by atoms with Crippen molar-refractivity contribution in [2.75, 3.05) is 30.8 Å². The normalized spacial score (nSPS) is 10.4. The Bertz CT molecular complexity index is 589. The third-order valence-corrected chi connectivity index (χ3v) is 3.76. The number of nitrogens with zero attached hydrogens (tertiary/aromatic N) is 2. The van der Waals surface area contributed by atoms with E-state index in [0.29, 0.717) is 12.6 Å². The Morgan fingerprint density at radius 3 is 2.67 bits per heavy atom. The molecule has 0 aliphatic heterocycles. The Balaban J connectivity index is 1.79. The quantitative estimate of drug-likeness (QED) is 0.607. The van der Waals surface area contributed by atoms with E-state index in [1.165, 1.54) is 5.56 Å². The van der Waals surface area contributed by atoms with Crippen LogP contribution in [0.1, 0.15) is 38.2 Å². The zero-order chi connectivity index (χ0) is 17.0. The lowest BCUT2D eigenvalue weighted by Crippen LogP contribution is -2.09. The molecule has 0 atom stereocenters. The first-order valence-corrected chi connectivity index (χ1v) is 8.79. The van der Waals surface area contributed by atoms with Crippen LogP contribution >= 0.6 is 0 Å². The highest BCUT2D eigenvalue weighted by Crippen LogP contribution is 2.22. The maximum Gasteiger partial charge on any atom is 0.224 e. The Hall–Kier alpha value is -2.30. The second-order valence-electron chi connectivity index (χ2n) is 5.73. The molecule has 1 aromatic heterocycles. The molecule has 0 saturated carbocycles. The van der Waals surface area contributed by atoms with Gasteiger partial charge in [0.05, 0.1) is 12.8 Å². The summed E-state index contributed by atoms with van der Waals surface area (Å²) in [7, 11) is 1.81. The number of aryl methyl sites for hydroxylation is 1. The number of ether oxygens (including phenoxy) is 1. The van der Waals surface area contributed by atoms with E-state index in [0.717, 1.165) is 50.2 Å². The van der Waals surface area contributed by atoms with Crippen molar-refractivity contribution in [1.29, 1.82) is 0 Å². The molecule has 0 radical (unpaired) electrons. The molecule has 2 N–H and O–H groups in total. The summed E-state index contributed by atoms with van der Waals surface area (Å²) in [5, 5.41) is 6.30. The summed E-state index contributed by atoms with van der Waals surface area (Å²) in [6.45, 7) is 3.74. The van der Waals surface area contributed by atoms with Crippen LogP contribution in [0, 0.1) is 0 Å². The number of rotatable bonds is 11. The third-order valence-electron chi connectivity index (χ3n) is 3.76. The fourth-order valence-electron chi connectivity index (χ4n) is 2.37. The van der Waals surface area contributed by atoms with Gasteiger partial charge in [-0.15, -0.1) is 0 Å². The first-order valence-electron chi connectivity index (χ1n) is 8.79. The van der Waals surface area contributed by atoms with Gasteiger partial charge in [0.2, 0.25) is 5.95 Å². The average Bonchev–Trinajstić information content (AvgIpc) is 2.63. The van der Waals surface area contributed by atoms with Crippen LogP contribution in [0.25, 0.3) is 0 Å². The van der Waals surface area contributed by atoms with Gasteiger partial charge in [-0.05, 0) is 31.2 Å². The van der Waals surface area contributed by atoms with Crippen LogP contribution in [-0.2, 0) is 6.42 Å². The van der Waals surface area contributed by atoms with Gasteiger partial charge >= 0.3 is 0 Å². The lowest BCUT2D eigenvalue weighted by molar-refractivity contribution is 0.306. The highest BCUT2D eigenvalue weighted by molar-refractivity contribution is 5.51. The lowest BCUT2D eigenvalue weighted by Gasteiger charge is -2.13. The van der Waals surface area contributed by atoms with Gasteiger partial charge in [0, 0.05) is 13.6 Å². The molecule has 130 valence electrons. The molecule has 0 amide bonds. The molecule has 0 aliphatic rings. The number of unbranched alkanes of at least 4 members (excludes halogenated alkanes) is 2. The maximum absolute atomic E-state index is 5.89. The molecule has 0 unspecified atom stereocenters. The fraction of sp³-hybridized carbons (Fsp3) is 0.474. The van der Waals surface area contributed by atoms with Crippen molar-refractivity contribution in [2.45, 2.75) is 39.0 Å². The molecule has 0 spiro atoms. The molecule has 5 heteroatoms. The Labute approximate surface area is 144 Å². The molecule has 5 nitrogen and oxygen atoms in total. The van der Waals surface area contributed by atoms with E-state index in [4.69, 9.17) is 4.74 Å². The summed E-state index contributed by atoms with van der Waals surface area (Å²) >= 11 is 0. The summed E-state index contributed by atoms with van der Waals surface area (Å²) in [5.41, 5.74) is 1.38. The van der Waals surface area contributed by atoms with Gasteiger partial charge in [0.25, 0.3) is 0 Å². The Kier molecular flexibility index (Phi) is 7.87. The molecule has 2 rings (SSSR count). The third kappa shape index (κ3) is 6.07. The number of hydrogen-bond acceptors (Lipinski definition) is 5. The molecule has 0 bridgehead atoms. The minimum absolute atomic E-state index is 0.602. The molecular weight excluding hydrogens is 300 g/mol. The molecule has 0 fully saturated rings. The van der Waals surface area contributed by atoms with Crippen LogP contribution in [0.15, 0.2) is 36.5 Å². The summed E-state index contributed by atoms with van der Waals surface area (Å²) in [6, 6.07) is 10.6. The van der Waals surface area contributed by atoms with Crippen molar-refractivity contribution < 1.29 is 4.74 Å². The zero-order valence-corrected chi connectivity index (χ0v) is 14.7. The second-order valence-corrected chi connectivity index (χ2v) is 5.73. The van der Waals surface area contributed by atoms with Gasteiger partial charge in [-0.2, -0.15) is 4.98 Å². The van der Waals surface area contributed by atoms with Crippen LogP contribution in [0.2, 0.25) is 0 Å². The van der Waals surface area contributed by atoms with Crippen LogP contribution in [0.5, 0.6) is 5.75 Å². The van der Waals surface area contributed by atoms with Gasteiger partial charge in [-0.25, -0.2) is 4.98 Å². The molecule has 1 aromatic carbocycles. The van der Waals surface area contributed by atoms with E-state index >= 15 is 0 Å². The fourth-order valence-corrected chi connectivity index (χ4v) is 2.37. The zero-order valence-electron chi connectivity index (χ0n) is 14.7. The maximum atomic E-state index is 5.89. The van der Waals surface area contributed by atoms with Crippen molar-refractivity contribution in [3.8, 4) is 5.75 Å². The standard InChI is InChI=1S/C19H28N4O/c1-3-4-13-21-18-17(15-22-19(20-2)23-18)24-14-9-8-12-16-10-6-5-7-11-16/h5-7,10-11,15H,3-4,8-9,12-14H2,1-2H3,(H2,20,21,22,23). The number of anilines is 2. The van der Waals surface area contributed by atoms with E-state index in [1.54, 1.807) is 6.20 Å². The Morgan fingerprint density at radius 1 is 1.08 bits per heavy atom. The van der Waals surface area contributed by atoms with Crippen molar-refractivity contribution in [3.63, 3.8) is 0 Å². The molecular formula is C19H28N4O. The SMILES string of the molecule is CCCCNc1nc(NC)ncc1OCCCCc1ccccc1. The largest absolute Gasteiger partial charge is 0.488 e. The van der Waals surface area contributed by atoms with Gasteiger partial charge in [-0.3, -0.25) is 0 Å². The first kappa shape index (κ1) is 18.0. The highest BCUT2D eigenvalue weighted by atomic mass is 16.5. The number of hydrogen-bond donors (Lipinski definition) is 2. The van der Waals surface area contributed by atoms with Crippen molar-refractivity contribution in [1.82, 2.24) is 9.97 Å². The summed E-state index contributed by atoms with van der Waals surface area (Å²) < 4.78 is 5.89. The van der Waals surface area contributed by atoms with Crippen LogP contribution in [0.4, 0.5) is 11.8 Å². The van der Waals surface area contributed by atoms with Crippen LogP contribution < -0.4 is 15.4 Å². The topological polar surface area (TPSA) is 59.1 Å². The van der Waals surface area contributed by atoms with E-state index in [2.05, 4.69) is 57.9 Å². The summed E-state index contributed by atoms with van der Waals surface area (Å²) in [6.07, 6.45) is 7.20. The van der Waals surface area contributed by atoms with E-state index < -0.39 is 0 Å². The smallest absolute Gasteiger partial charge is 0.224 e. The minimum Gasteiger partial charge on any atom is -0.488 e. The highest BCUT2D eigenvalue weighted by Gasteiger charge is 2.07. The predicted molar refractivity (Wildman–Crippen MR) is 99.9 cm³/mol. The summed E-state index contributed by atoms with van der Waals surface area (Å²) in [4.78, 5) is 8.70. The van der Waals surface area contributed by atoms with E-state index in [-0.39, 0.29) is 0 Å². The van der Waals surface area contributed by atoms with E-state index in [1.807, 2.05) is 7.05 Å². The Morgan fingerprint density at radius 2 is 1.92 bits per heavy atom. The van der Waals surface area contributed by atoms with Gasteiger partial charge in [-0.1, -0.05) is 43.7 Å². The molecule has 0 saturated heterocycles. The number of aromatic nitrogens is 2. The van der Waals surface area contributed by atoms with Crippen LogP contribution in [-0.4, -0.2) is 30.2 Å². The number of benzene rings is 1. The lowest BCUT2D eigenvalue weighted by atomic mass is 10.1. The second kappa shape index (κ2) is 10.5. The van der Waals surface area contributed by atoms with Gasteiger partial charge < -0.3 is 15.4 Å². The predicted octanol–water partition coefficient (Wildman–Crippen LogP) is 4.13. The molecule has 2 aromatic rings. The van der Waals surface area contributed by atoms with Crippen molar-refractivity contribution >= 4 is 11.8 Å². The van der Waals surface area contributed by atoms with Crippen LogP contribution in [0.3, 0.4) is 0 Å². The van der Waals surface area contributed by atoms with Gasteiger partial charge in [0.15, 0.2) is 11.6 Å². The number of nitrogens with one attached hydrogen (secondary N) is 2. The molecule has 24 heavy (non-hydrogen) atoms. The molecule has 0 aliphatic carbocycles. The first-order chi connectivity index (χ1) is 11.8. The van der Waals surface area contributed by atoms with Crippen molar-refractivity contribution in [2.24, 2.45) is 0 Å². The monoisotopic (exact) mass is 328 g/mol. The average molecular weight is 328 g/mol.